The van der Waals surface area contributed by atoms with E-state index in [-0.39, 0.29) is 0 Å². The number of rotatable bonds is 8. The van der Waals surface area contributed by atoms with Gasteiger partial charge in [-0.2, -0.15) is 0 Å². The number of unbranched alkanes of at least 4 members (excludes halogenated alkanes) is 4. The minimum Gasteiger partial charge on any atom is -0.134 e. The summed E-state index contributed by atoms with van der Waals surface area (Å²) in [7, 11) is 0. The molecular weight excluding hydrogens is 448 g/mol. The number of thiophene rings is 2. The van der Waals surface area contributed by atoms with Crippen molar-refractivity contribution >= 4 is 73.8 Å². The highest BCUT2D eigenvalue weighted by Crippen LogP contribution is 2.45. The molecule has 0 N–H and O–H groups in total. The molecule has 2 heterocycles. The van der Waals surface area contributed by atoms with Crippen LogP contribution in [0.5, 0.6) is 0 Å². The maximum atomic E-state index is 2.39. The lowest BCUT2D eigenvalue weighted by molar-refractivity contribution is 0.720. The van der Waals surface area contributed by atoms with Crippen molar-refractivity contribution < 1.29 is 0 Å². The van der Waals surface area contributed by atoms with Gasteiger partial charge in [-0.25, -0.2) is 0 Å². The Morgan fingerprint density at radius 3 is 1.21 bits per heavy atom. The number of aryl methyl sites for hydroxylation is 2. The fraction of sp³-hybridized carbons (Fsp3) is 0.312. The normalized spacial score (nSPS) is 12.2. The maximum Gasteiger partial charge on any atom is 0.0434 e. The van der Waals surface area contributed by atoms with Gasteiger partial charge in [-0.3, -0.25) is 0 Å². The van der Waals surface area contributed by atoms with Gasteiger partial charge in [0, 0.05) is 51.1 Å². The standard InChI is InChI=1S/C32H32S2/c1-3-5-7-11-21-13-9-15-23-25-17-19-28-27(31(25)33-29(21)23)20-18-26-24-16-10-14-22(12-8-6-4-2)30(24)34-32(26)28/h9-10,13-20H,3-8,11-12H2,1-2H3. The van der Waals surface area contributed by atoms with Crippen LogP contribution in [0.2, 0.25) is 0 Å². The molecule has 0 saturated carbocycles. The number of hydrogen-bond donors (Lipinski definition) is 0. The summed E-state index contributed by atoms with van der Waals surface area (Å²) in [6, 6.07) is 23.4. The van der Waals surface area contributed by atoms with Crippen molar-refractivity contribution in [2.75, 3.05) is 0 Å². The van der Waals surface area contributed by atoms with E-state index >= 15 is 0 Å². The summed E-state index contributed by atoms with van der Waals surface area (Å²) < 4.78 is 5.91. The first-order valence-electron chi connectivity index (χ1n) is 13.0. The minimum atomic E-state index is 1.19. The third-order valence-electron chi connectivity index (χ3n) is 7.38. The van der Waals surface area contributed by atoms with Gasteiger partial charge in [0.1, 0.15) is 0 Å². The van der Waals surface area contributed by atoms with E-state index < -0.39 is 0 Å². The van der Waals surface area contributed by atoms with E-state index in [4.69, 9.17) is 0 Å². The van der Waals surface area contributed by atoms with E-state index in [9.17, 15) is 0 Å². The summed E-state index contributed by atoms with van der Waals surface area (Å²) in [5.41, 5.74) is 3.06. The Labute approximate surface area is 210 Å². The molecule has 0 aliphatic heterocycles. The van der Waals surface area contributed by atoms with Crippen molar-refractivity contribution in [3.63, 3.8) is 0 Å². The first-order valence-corrected chi connectivity index (χ1v) is 14.6. The van der Waals surface area contributed by atoms with Crippen molar-refractivity contribution in [2.45, 2.75) is 65.2 Å². The van der Waals surface area contributed by atoms with Crippen LogP contribution in [-0.4, -0.2) is 0 Å². The van der Waals surface area contributed by atoms with Crippen molar-refractivity contribution in [3.05, 3.63) is 71.8 Å². The third-order valence-corrected chi connectivity index (χ3v) is 10.0. The van der Waals surface area contributed by atoms with E-state index in [1.54, 1.807) is 0 Å². The lowest BCUT2D eigenvalue weighted by atomic mass is 10.0. The van der Waals surface area contributed by atoms with E-state index in [0.29, 0.717) is 0 Å². The van der Waals surface area contributed by atoms with E-state index in [1.165, 1.54) is 114 Å². The van der Waals surface area contributed by atoms with Crippen LogP contribution < -0.4 is 0 Å². The molecule has 0 spiro atoms. The van der Waals surface area contributed by atoms with Crippen molar-refractivity contribution in [1.82, 2.24) is 0 Å². The van der Waals surface area contributed by atoms with Crippen LogP contribution in [-0.2, 0) is 12.8 Å². The van der Waals surface area contributed by atoms with Gasteiger partial charge in [0.05, 0.1) is 0 Å². The van der Waals surface area contributed by atoms with Crippen LogP contribution in [0.3, 0.4) is 0 Å². The highest BCUT2D eigenvalue weighted by atomic mass is 32.1. The Kier molecular flexibility index (Phi) is 6.05. The third kappa shape index (κ3) is 3.63. The highest BCUT2D eigenvalue weighted by Gasteiger charge is 2.15. The molecule has 0 aliphatic rings. The van der Waals surface area contributed by atoms with Crippen LogP contribution in [0, 0.1) is 0 Å². The molecule has 0 aliphatic carbocycles. The first kappa shape index (κ1) is 22.1. The second-order valence-electron chi connectivity index (χ2n) is 9.69. The monoisotopic (exact) mass is 480 g/mol. The van der Waals surface area contributed by atoms with E-state index in [2.05, 4.69) is 74.5 Å². The Morgan fingerprint density at radius 1 is 0.441 bits per heavy atom. The van der Waals surface area contributed by atoms with Gasteiger partial charge >= 0.3 is 0 Å². The average molecular weight is 481 g/mol. The molecule has 0 bridgehead atoms. The summed E-state index contributed by atoms with van der Waals surface area (Å²) >= 11 is 4.03. The fourth-order valence-electron chi connectivity index (χ4n) is 5.56. The average Bonchev–Trinajstić information content (AvgIpc) is 3.44. The summed E-state index contributed by atoms with van der Waals surface area (Å²) in [6.45, 7) is 4.57. The number of hydrogen-bond acceptors (Lipinski definition) is 2. The number of fused-ring (bicyclic) bond motifs is 9. The largest absolute Gasteiger partial charge is 0.134 e. The molecule has 0 unspecified atom stereocenters. The van der Waals surface area contributed by atoms with Crippen molar-refractivity contribution in [3.8, 4) is 0 Å². The molecule has 0 radical (unpaired) electrons. The van der Waals surface area contributed by atoms with Gasteiger partial charge in [-0.15, -0.1) is 22.7 Å². The molecule has 0 atom stereocenters. The highest BCUT2D eigenvalue weighted by molar-refractivity contribution is 7.28. The summed E-state index contributed by atoms with van der Waals surface area (Å²) in [5, 5.41) is 8.56. The van der Waals surface area contributed by atoms with Crippen LogP contribution in [0.4, 0.5) is 0 Å². The van der Waals surface area contributed by atoms with Crippen molar-refractivity contribution in [2.24, 2.45) is 0 Å². The van der Waals surface area contributed by atoms with Gasteiger partial charge in [0.15, 0.2) is 0 Å². The SMILES string of the molecule is CCCCCc1cccc2c1sc1c2ccc2c1ccc1c3cccc(CCCCC)c3sc12. The Hall–Kier alpha value is -2.42. The van der Waals surface area contributed by atoms with Gasteiger partial charge < -0.3 is 0 Å². The van der Waals surface area contributed by atoms with Crippen LogP contribution in [0.25, 0.3) is 51.1 Å². The maximum absolute atomic E-state index is 2.39. The van der Waals surface area contributed by atoms with Crippen LogP contribution >= 0.6 is 22.7 Å². The van der Waals surface area contributed by atoms with Crippen LogP contribution in [0.1, 0.15) is 63.5 Å². The molecule has 2 aromatic heterocycles. The van der Waals surface area contributed by atoms with Gasteiger partial charge in [0.25, 0.3) is 0 Å². The van der Waals surface area contributed by atoms with Crippen LogP contribution in [0.15, 0.2) is 60.7 Å². The predicted octanol–water partition coefficient (Wildman–Crippen LogP) is 11.0. The Morgan fingerprint density at radius 2 is 0.824 bits per heavy atom. The summed E-state index contributed by atoms with van der Waals surface area (Å²) in [5.74, 6) is 0. The molecule has 0 fully saturated rings. The molecule has 4 aromatic carbocycles. The van der Waals surface area contributed by atoms with E-state index in [1.807, 2.05) is 22.7 Å². The zero-order valence-electron chi connectivity index (χ0n) is 20.2. The second-order valence-corrected chi connectivity index (χ2v) is 11.7. The molecule has 0 nitrogen and oxygen atoms in total. The Balaban J connectivity index is 1.54. The van der Waals surface area contributed by atoms with Gasteiger partial charge in [-0.1, -0.05) is 100 Å². The van der Waals surface area contributed by atoms with Gasteiger partial charge in [0.2, 0.25) is 0 Å². The lowest BCUT2D eigenvalue weighted by Crippen LogP contribution is -1.85. The molecule has 6 rings (SSSR count). The molecule has 2 heteroatoms. The summed E-state index contributed by atoms with van der Waals surface area (Å²) in [6.07, 6.45) is 10.1. The molecular formula is C32H32S2. The molecule has 0 saturated heterocycles. The molecule has 6 aromatic rings. The second kappa shape index (κ2) is 9.32. The van der Waals surface area contributed by atoms with Gasteiger partial charge in [-0.05, 0) is 36.8 Å². The van der Waals surface area contributed by atoms with Crippen molar-refractivity contribution in [1.29, 1.82) is 0 Å². The van der Waals surface area contributed by atoms with E-state index in [0.717, 1.165) is 0 Å². The topological polar surface area (TPSA) is 0 Å². The summed E-state index contributed by atoms with van der Waals surface area (Å²) in [4.78, 5) is 0. The molecule has 0 amide bonds. The zero-order valence-corrected chi connectivity index (χ0v) is 21.9. The Bertz CT molecular complexity index is 1510. The fourth-order valence-corrected chi connectivity index (χ4v) is 8.30. The minimum absolute atomic E-state index is 1.19. The number of benzene rings is 4. The molecule has 172 valence electrons. The predicted molar refractivity (Wildman–Crippen MR) is 156 cm³/mol. The lowest BCUT2D eigenvalue weighted by Gasteiger charge is -2.02. The first-order chi connectivity index (χ1) is 16.8. The zero-order chi connectivity index (χ0) is 23.1. The smallest absolute Gasteiger partial charge is 0.0434 e. The molecule has 34 heavy (non-hydrogen) atoms. The quantitative estimate of drug-likeness (QED) is 0.190.